The normalized spacial score (nSPS) is 48.9. The number of carbonyl (C=O) groups is 4. The Bertz CT molecular complexity index is 1800. The average molecular weight is 729 g/mol. The second-order valence-corrected chi connectivity index (χ2v) is 17.1. The van der Waals surface area contributed by atoms with E-state index in [9.17, 15) is 24.3 Å². The molecule has 4 aliphatic carbocycles. The van der Waals surface area contributed by atoms with Gasteiger partial charge in [0.15, 0.2) is 17.3 Å². The molecule has 13 atom stereocenters. The van der Waals surface area contributed by atoms with E-state index in [1.807, 2.05) is 34.6 Å². The molecule has 0 amide bonds. The number of hydrogen-bond acceptors (Lipinski definition) is 14. The highest BCUT2D eigenvalue weighted by Gasteiger charge is 3.04. The van der Waals surface area contributed by atoms with Crippen LogP contribution in [0, 0.1) is 34.0 Å². The summed E-state index contributed by atoms with van der Waals surface area (Å²) >= 11 is 0. The first kappa shape index (κ1) is 35.6. The molecule has 4 saturated carbocycles. The molecule has 8 rings (SSSR count). The summed E-state index contributed by atoms with van der Waals surface area (Å²) in [5.74, 6) is -6.05. The summed E-state index contributed by atoms with van der Waals surface area (Å²) in [5.41, 5.74) is -9.83. The van der Waals surface area contributed by atoms with Gasteiger partial charge in [0.25, 0.3) is 5.97 Å². The molecule has 52 heavy (non-hydrogen) atoms. The molecule has 7 fully saturated rings. The van der Waals surface area contributed by atoms with Gasteiger partial charge in [0.2, 0.25) is 0 Å². The van der Waals surface area contributed by atoms with Crippen LogP contribution in [0.5, 0.6) is 0 Å². The van der Waals surface area contributed by atoms with E-state index in [-0.39, 0.29) is 30.8 Å². The lowest BCUT2D eigenvalue weighted by Crippen LogP contribution is -2.94. The van der Waals surface area contributed by atoms with Crippen LogP contribution >= 0.6 is 0 Å². The van der Waals surface area contributed by atoms with E-state index in [4.69, 9.17) is 42.3 Å². The Kier molecular flexibility index (Phi) is 7.11. The van der Waals surface area contributed by atoms with Crippen LogP contribution in [0.15, 0.2) is 34.3 Å². The van der Waals surface area contributed by atoms with Gasteiger partial charge in [-0.25, -0.2) is 4.79 Å². The first-order valence-corrected chi connectivity index (χ1v) is 18.0. The Morgan fingerprint density at radius 1 is 0.981 bits per heavy atom. The number of fused-ring (bicyclic) bond motifs is 3. The monoisotopic (exact) mass is 728 g/mol. The molecule has 4 heterocycles. The summed E-state index contributed by atoms with van der Waals surface area (Å²) in [6.45, 7) is 13.7. The lowest BCUT2D eigenvalue weighted by atomic mass is 9.33. The van der Waals surface area contributed by atoms with Crippen molar-refractivity contribution in [3.8, 4) is 0 Å². The topological polar surface area (TPSA) is 175 Å². The molecule has 0 aromatic carbocycles. The van der Waals surface area contributed by atoms with Gasteiger partial charge in [0.1, 0.15) is 29.2 Å². The van der Waals surface area contributed by atoms with E-state index >= 15 is 0 Å². The minimum absolute atomic E-state index is 0.115. The Morgan fingerprint density at radius 2 is 1.67 bits per heavy atom. The fourth-order valence-electron chi connectivity index (χ4n) is 13.3. The van der Waals surface area contributed by atoms with Crippen molar-refractivity contribution in [1.82, 2.24) is 0 Å². The Balaban J connectivity index is 1.51. The summed E-state index contributed by atoms with van der Waals surface area (Å²) in [7, 11) is 2.78. The van der Waals surface area contributed by atoms with Gasteiger partial charge in [-0.2, -0.15) is 0 Å². The highest BCUT2D eigenvalue weighted by atomic mass is 16.9. The lowest BCUT2D eigenvalue weighted by Gasteiger charge is -2.77. The fourth-order valence-corrected chi connectivity index (χ4v) is 13.3. The SMILES string of the molecule is COC(=O)CC1C2(C)CC34OC5(C)OC67C(C(=C(OC)C(C)C)C(=O)OC6C3(O)C2OC(C)=O)C(C)(C(OC(C)=O)c2ccoc2)CCC7(O5)C14C. The highest BCUT2D eigenvalue weighted by Crippen LogP contribution is 2.90. The molecular formula is C38H48O14. The zero-order valence-corrected chi connectivity index (χ0v) is 31.3. The minimum atomic E-state index is -2.21. The summed E-state index contributed by atoms with van der Waals surface area (Å²) in [5, 5.41) is 13.8. The summed E-state index contributed by atoms with van der Waals surface area (Å²) in [6.07, 6.45) is -0.301. The number of hydrogen-bond donors (Lipinski definition) is 1. The van der Waals surface area contributed by atoms with Crippen molar-refractivity contribution in [3.05, 3.63) is 35.5 Å². The van der Waals surface area contributed by atoms with E-state index in [0.717, 1.165) is 0 Å². The van der Waals surface area contributed by atoms with Crippen molar-refractivity contribution in [1.29, 1.82) is 0 Å². The molecule has 3 spiro atoms. The summed E-state index contributed by atoms with van der Waals surface area (Å²) in [6, 6.07) is 1.70. The number of ether oxygens (including phenoxy) is 8. The second kappa shape index (κ2) is 10.4. The predicted octanol–water partition coefficient (Wildman–Crippen LogP) is 4.03. The Morgan fingerprint density at radius 3 is 2.25 bits per heavy atom. The molecule has 1 aromatic rings. The maximum absolute atomic E-state index is 14.9. The zero-order valence-electron chi connectivity index (χ0n) is 31.3. The molecule has 13 unspecified atom stereocenters. The molecule has 3 aliphatic heterocycles. The van der Waals surface area contributed by atoms with E-state index in [1.165, 1.54) is 40.6 Å². The molecule has 1 N–H and O–H groups in total. The van der Waals surface area contributed by atoms with Gasteiger partial charge >= 0.3 is 23.9 Å². The maximum atomic E-state index is 14.9. The third-order valence-corrected chi connectivity index (χ3v) is 14.4. The van der Waals surface area contributed by atoms with Gasteiger partial charge in [-0.05, 0) is 31.2 Å². The fraction of sp³-hybridized carbons (Fsp3) is 0.737. The molecular weight excluding hydrogens is 680 g/mol. The predicted molar refractivity (Wildman–Crippen MR) is 174 cm³/mol. The maximum Gasteiger partial charge on any atom is 0.338 e. The standard InChI is InChI=1S/C38H48O14/c1-18(2)25(45-10)24-26-31(5,27(47-19(3)39)21-11-14-46-16-21)12-13-35-33(7)22(15-23(41)44-9)32(6)17-36(33)37(43,29(32)48-20(4)40)30(49-28(24)42)38(26,35)52-34(8,50-35)51-36/h11,14,16,18,22,26-27,29-30,43H,12-13,15,17H2,1-10H3. The summed E-state index contributed by atoms with van der Waals surface area (Å²) < 4.78 is 57.1. The number of rotatable bonds is 8. The highest BCUT2D eigenvalue weighted by molar-refractivity contribution is 5.92. The lowest BCUT2D eigenvalue weighted by molar-refractivity contribution is -0.478. The van der Waals surface area contributed by atoms with E-state index in [2.05, 4.69) is 0 Å². The van der Waals surface area contributed by atoms with Crippen LogP contribution < -0.4 is 0 Å². The number of methoxy groups -OCH3 is 2. The van der Waals surface area contributed by atoms with E-state index < -0.39 is 98.6 Å². The van der Waals surface area contributed by atoms with Gasteiger partial charge in [-0.3, -0.25) is 14.4 Å². The van der Waals surface area contributed by atoms with Crippen molar-refractivity contribution in [2.75, 3.05) is 14.2 Å². The minimum Gasteiger partial charge on any atom is -0.500 e. The van der Waals surface area contributed by atoms with Crippen LogP contribution in [0.25, 0.3) is 0 Å². The van der Waals surface area contributed by atoms with Gasteiger partial charge in [-0.1, -0.05) is 34.6 Å². The van der Waals surface area contributed by atoms with Crippen LogP contribution in [0.4, 0.5) is 0 Å². The average Bonchev–Trinajstić information content (AvgIpc) is 3.75. The number of allylic oxidation sites excluding steroid dienone is 1. The number of esters is 4. The quantitative estimate of drug-likeness (QED) is 0.176. The van der Waals surface area contributed by atoms with Gasteiger partial charge < -0.3 is 47.4 Å². The number of furan rings is 1. The molecule has 14 heteroatoms. The molecule has 284 valence electrons. The Hall–Kier alpha value is -3.46. The molecule has 1 aromatic heterocycles. The van der Waals surface area contributed by atoms with Gasteiger partial charge in [0.05, 0.1) is 32.3 Å². The van der Waals surface area contributed by atoms with Gasteiger partial charge in [0, 0.05) is 60.8 Å². The molecule has 3 saturated heterocycles. The molecule has 4 bridgehead atoms. The van der Waals surface area contributed by atoms with Crippen LogP contribution in [0.3, 0.4) is 0 Å². The van der Waals surface area contributed by atoms with Crippen LogP contribution in [0.1, 0.15) is 92.7 Å². The molecule has 7 aliphatic rings. The van der Waals surface area contributed by atoms with Crippen LogP contribution in [-0.4, -0.2) is 83.8 Å². The number of carbonyl (C=O) groups excluding carboxylic acids is 4. The molecule has 14 nitrogen and oxygen atoms in total. The van der Waals surface area contributed by atoms with E-state index in [1.54, 1.807) is 13.0 Å². The van der Waals surface area contributed by atoms with Crippen LogP contribution in [-0.2, 0) is 57.1 Å². The van der Waals surface area contributed by atoms with E-state index in [0.29, 0.717) is 17.7 Å². The van der Waals surface area contributed by atoms with Crippen molar-refractivity contribution >= 4 is 23.9 Å². The first-order chi connectivity index (χ1) is 24.2. The first-order valence-electron chi connectivity index (χ1n) is 18.0. The largest absolute Gasteiger partial charge is 0.500 e. The van der Waals surface area contributed by atoms with Crippen LogP contribution in [0.2, 0.25) is 0 Å². The zero-order chi connectivity index (χ0) is 37.8. The van der Waals surface area contributed by atoms with Crippen molar-refractivity contribution in [2.24, 2.45) is 34.0 Å². The third kappa shape index (κ3) is 3.57. The Labute approximate surface area is 301 Å². The van der Waals surface area contributed by atoms with Crippen molar-refractivity contribution < 1.29 is 66.6 Å². The third-order valence-electron chi connectivity index (χ3n) is 14.4. The van der Waals surface area contributed by atoms with Gasteiger partial charge in [-0.15, -0.1) is 0 Å². The van der Waals surface area contributed by atoms with Crippen molar-refractivity contribution in [2.45, 2.75) is 128 Å². The number of aliphatic hydroxyl groups is 1. The molecule has 0 radical (unpaired) electrons. The van der Waals surface area contributed by atoms with Crippen molar-refractivity contribution in [3.63, 3.8) is 0 Å². The smallest absolute Gasteiger partial charge is 0.338 e. The second-order valence-electron chi connectivity index (χ2n) is 17.1. The summed E-state index contributed by atoms with van der Waals surface area (Å²) in [4.78, 5) is 54.2.